The second-order valence-corrected chi connectivity index (χ2v) is 4.71. The number of hydrogen-bond donors (Lipinski definition) is 0. The maximum atomic E-state index is 12.7. The Hall–Kier alpha value is -0.860. The average Bonchev–Trinajstić information content (AvgIpc) is 2.31. The van der Waals surface area contributed by atoms with Gasteiger partial charge in [-0.1, -0.05) is 57.9 Å². The zero-order valence-corrected chi connectivity index (χ0v) is 10.7. The zero-order valence-electron chi connectivity index (χ0n) is 8.38. The van der Waals surface area contributed by atoms with Gasteiger partial charge in [0.25, 0.3) is 0 Å². The molecule has 0 radical (unpaired) electrons. The molecule has 0 atom stereocenters. The van der Waals surface area contributed by atoms with E-state index in [0.717, 1.165) is 15.6 Å². The van der Waals surface area contributed by atoms with Crippen LogP contribution >= 0.6 is 27.5 Å². The molecule has 0 aliphatic carbocycles. The Morgan fingerprint density at radius 3 is 2.38 bits per heavy atom. The number of alkyl halides is 1. The normalized spacial score (nSPS) is 10.4. The van der Waals surface area contributed by atoms with E-state index in [1.165, 1.54) is 0 Å². The van der Waals surface area contributed by atoms with Crippen molar-refractivity contribution in [1.82, 2.24) is 0 Å². The molecule has 0 spiro atoms. The molecule has 2 aromatic carbocycles. The molecule has 0 aromatic heterocycles. The summed E-state index contributed by atoms with van der Waals surface area (Å²) >= 11 is 9.50. The molecule has 2 rings (SSSR count). The summed E-state index contributed by atoms with van der Waals surface area (Å²) in [5, 5.41) is 0.493. The lowest BCUT2D eigenvalue weighted by molar-refractivity contribution is 0.485. The van der Waals surface area contributed by atoms with E-state index in [-0.39, 0.29) is 0 Å². The molecule has 0 amide bonds. The summed E-state index contributed by atoms with van der Waals surface area (Å²) in [5.74, 6) is 0. The number of halogens is 3. The summed E-state index contributed by atoms with van der Waals surface area (Å²) in [6, 6.07) is 13.2. The van der Waals surface area contributed by atoms with Gasteiger partial charge in [0.15, 0.2) is 0 Å². The summed E-state index contributed by atoms with van der Waals surface area (Å²) in [5.41, 5.74) is 2.38. The fraction of sp³-hybridized carbons (Fsp3) is 0.0769. The molecule has 0 aliphatic rings. The molecule has 0 saturated carbocycles. The van der Waals surface area contributed by atoms with Crippen molar-refractivity contribution >= 4 is 27.5 Å². The van der Waals surface area contributed by atoms with Crippen molar-refractivity contribution in [3.05, 3.63) is 57.5 Å². The van der Waals surface area contributed by atoms with Crippen molar-refractivity contribution in [2.24, 2.45) is 0 Å². The second-order valence-electron chi connectivity index (χ2n) is 3.42. The molecule has 0 fully saturated rings. The molecule has 0 aliphatic heterocycles. The van der Waals surface area contributed by atoms with Crippen LogP contribution in [0.4, 0.5) is 4.39 Å². The smallest absolute Gasteiger partial charge is 0.116 e. The van der Waals surface area contributed by atoms with Gasteiger partial charge >= 0.3 is 0 Å². The van der Waals surface area contributed by atoms with Crippen LogP contribution in [-0.4, -0.2) is 0 Å². The first-order valence-corrected chi connectivity index (χ1v) is 5.99. The summed E-state index contributed by atoms with van der Waals surface area (Å²) in [4.78, 5) is 0. The molecular weight excluding hydrogens is 290 g/mol. The number of benzene rings is 2. The van der Waals surface area contributed by atoms with Crippen LogP contribution in [0.25, 0.3) is 11.1 Å². The summed E-state index contributed by atoms with van der Waals surface area (Å²) in [7, 11) is 0. The monoisotopic (exact) mass is 298 g/mol. The highest BCUT2D eigenvalue weighted by molar-refractivity contribution is 9.10. The first-order chi connectivity index (χ1) is 7.72. The summed E-state index contributed by atoms with van der Waals surface area (Å²) < 4.78 is 13.7. The molecule has 0 unspecified atom stereocenters. The molecule has 82 valence electrons. The third-order valence-corrected chi connectivity index (χ3v) is 3.35. The average molecular weight is 300 g/mol. The van der Waals surface area contributed by atoms with E-state index in [2.05, 4.69) is 15.9 Å². The fourth-order valence-corrected chi connectivity index (χ4v) is 2.09. The van der Waals surface area contributed by atoms with Crippen molar-refractivity contribution < 1.29 is 4.39 Å². The third-order valence-electron chi connectivity index (χ3n) is 2.38. The largest absolute Gasteiger partial charge is 0.246 e. The van der Waals surface area contributed by atoms with Gasteiger partial charge in [0, 0.05) is 15.6 Å². The molecule has 2 aromatic rings. The van der Waals surface area contributed by atoms with E-state index in [1.54, 1.807) is 6.07 Å². The van der Waals surface area contributed by atoms with Crippen molar-refractivity contribution in [1.29, 1.82) is 0 Å². The van der Waals surface area contributed by atoms with E-state index >= 15 is 0 Å². The van der Waals surface area contributed by atoms with Crippen molar-refractivity contribution in [2.75, 3.05) is 0 Å². The predicted molar refractivity (Wildman–Crippen MR) is 69.4 cm³/mol. The van der Waals surface area contributed by atoms with Crippen molar-refractivity contribution in [2.45, 2.75) is 6.67 Å². The SMILES string of the molecule is FCc1cccc(-c2ccc(Br)cc2)c1Cl. The Kier molecular flexibility index (Phi) is 3.62. The van der Waals surface area contributed by atoms with E-state index in [9.17, 15) is 4.39 Å². The Labute approximate surface area is 107 Å². The second kappa shape index (κ2) is 4.98. The van der Waals surface area contributed by atoms with Crippen molar-refractivity contribution in [3.63, 3.8) is 0 Å². The fourth-order valence-electron chi connectivity index (χ4n) is 1.54. The van der Waals surface area contributed by atoms with Gasteiger partial charge < -0.3 is 0 Å². The molecular formula is C13H9BrClF. The highest BCUT2D eigenvalue weighted by Crippen LogP contribution is 2.31. The zero-order chi connectivity index (χ0) is 11.5. The maximum absolute atomic E-state index is 12.7. The lowest BCUT2D eigenvalue weighted by Crippen LogP contribution is -1.85. The highest BCUT2D eigenvalue weighted by Gasteiger charge is 2.07. The van der Waals surface area contributed by atoms with Gasteiger partial charge in [-0.15, -0.1) is 0 Å². The van der Waals surface area contributed by atoms with Crippen LogP contribution in [0, 0.1) is 0 Å². The topological polar surface area (TPSA) is 0 Å². The van der Waals surface area contributed by atoms with Gasteiger partial charge in [-0.2, -0.15) is 0 Å². The van der Waals surface area contributed by atoms with Crippen LogP contribution in [0.3, 0.4) is 0 Å². The Balaban J connectivity index is 2.51. The molecule has 3 heteroatoms. The van der Waals surface area contributed by atoms with Gasteiger partial charge in [0.2, 0.25) is 0 Å². The highest BCUT2D eigenvalue weighted by atomic mass is 79.9. The van der Waals surface area contributed by atoms with Crippen LogP contribution in [0.2, 0.25) is 5.02 Å². The minimum absolute atomic E-state index is 0.493. The Bertz CT molecular complexity index is 494. The van der Waals surface area contributed by atoms with Gasteiger partial charge in [0.1, 0.15) is 6.67 Å². The van der Waals surface area contributed by atoms with Gasteiger partial charge in [-0.05, 0) is 17.7 Å². The van der Waals surface area contributed by atoms with Gasteiger partial charge in [-0.3, -0.25) is 0 Å². The quantitative estimate of drug-likeness (QED) is 0.711. The minimum Gasteiger partial charge on any atom is -0.246 e. The number of rotatable bonds is 2. The van der Waals surface area contributed by atoms with Crippen LogP contribution in [-0.2, 0) is 6.67 Å². The van der Waals surface area contributed by atoms with Crippen LogP contribution in [0.5, 0.6) is 0 Å². The first kappa shape index (κ1) is 11.6. The van der Waals surface area contributed by atoms with E-state index in [4.69, 9.17) is 11.6 Å². The van der Waals surface area contributed by atoms with E-state index < -0.39 is 6.67 Å². The van der Waals surface area contributed by atoms with E-state index in [0.29, 0.717) is 10.6 Å². The first-order valence-electron chi connectivity index (χ1n) is 4.81. The predicted octanol–water partition coefficient (Wildman–Crippen LogP) is 5.24. The van der Waals surface area contributed by atoms with Gasteiger partial charge in [-0.25, -0.2) is 4.39 Å². The Morgan fingerprint density at radius 2 is 1.75 bits per heavy atom. The van der Waals surface area contributed by atoms with E-state index in [1.807, 2.05) is 36.4 Å². The molecule has 0 bridgehead atoms. The lowest BCUT2D eigenvalue weighted by Gasteiger charge is -2.07. The number of hydrogen-bond acceptors (Lipinski definition) is 0. The third kappa shape index (κ3) is 2.28. The molecule has 0 N–H and O–H groups in total. The molecule has 0 saturated heterocycles. The summed E-state index contributed by atoms with van der Waals surface area (Å²) in [6.07, 6.45) is 0. The van der Waals surface area contributed by atoms with Crippen LogP contribution in [0.15, 0.2) is 46.9 Å². The van der Waals surface area contributed by atoms with Crippen molar-refractivity contribution in [3.8, 4) is 11.1 Å². The van der Waals surface area contributed by atoms with Gasteiger partial charge in [0.05, 0.1) is 5.02 Å². The molecule has 0 heterocycles. The summed E-state index contributed by atoms with van der Waals surface area (Å²) in [6.45, 7) is -0.538. The Morgan fingerprint density at radius 1 is 1.06 bits per heavy atom. The lowest BCUT2D eigenvalue weighted by atomic mass is 10.0. The van der Waals surface area contributed by atoms with Crippen LogP contribution < -0.4 is 0 Å². The maximum Gasteiger partial charge on any atom is 0.116 e. The minimum atomic E-state index is -0.538. The molecule has 0 nitrogen and oxygen atoms in total. The standard InChI is InChI=1S/C13H9BrClF/c14-11-6-4-9(5-7-11)12-3-1-2-10(8-16)13(12)15/h1-7H,8H2. The molecule has 16 heavy (non-hydrogen) atoms. The van der Waals surface area contributed by atoms with Crippen LogP contribution in [0.1, 0.15) is 5.56 Å².